The van der Waals surface area contributed by atoms with Crippen LogP contribution < -0.4 is 0 Å². The molecule has 1 aromatic carbocycles. The lowest BCUT2D eigenvalue weighted by molar-refractivity contribution is 0.272. The molecular weight excluding hydrogens is 367 g/mol. The van der Waals surface area contributed by atoms with Gasteiger partial charge in [0.2, 0.25) is 10.0 Å². The number of aromatic nitrogens is 3. The van der Waals surface area contributed by atoms with Crippen LogP contribution >= 0.6 is 0 Å². The first kappa shape index (κ1) is 18.6. The fourth-order valence-corrected chi connectivity index (χ4v) is 6.27. The lowest BCUT2D eigenvalue weighted by atomic mass is 9.76. The van der Waals surface area contributed by atoms with Crippen molar-refractivity contribution in [1.82, 2.24) is 19.1 Å². The Morgan fingerprint density at radius 3 is 2.70 bits per heavy atom. The molecule has 1 spiro atoms. The molecule has 1 saturated heterocycles. The number of rotatable bonds is 4. The number of benzene rings is 1. The molecule has 1 saturated carbocycles. The second-order valence-corrected chi connectivity index (χ2v) is 9.74. The smallest absolute Gasteiger partial charge is 0.243 e. The van der Waals surface area contributed by atoms with Gasteiger partial charge in [0, 0.05) is 25.6 Å². The van der Waals surface area contributed by atoms with Crippen molar-refractivity contribution < 1.29 is 12.8 Å². The van der Waals surface area contributed by atoms with Gasteiger partial charge in [0.1, 0.15) is 18.0 Å². The van der Waals surface area contributed by atoms with Gasteiger partial charge in [0.05, 0.1) is 4.90 Å². The highest BCUT2D eigenvalue weighted by molar-refractivity contribution is 7.89. The van der Waals surface area contributed by atoms with Gasteiger partial charge >= 0.3 is 0 Å². The monoisotopic (exact) mass is 392 g/mol. The van der Waals surface area contributed by atoms with Gasteiger partial charge in [0.25, 0.3) is 0 Å². The molecule has 1 atom stereocenters. The molecule has 0 amide bonds. The van der Waals surface area contributed by atoms with Gasteiger partial charge < -0.3 is 4.57 Å². The summed E-state index contributed by atoms with van der Waals surface area (Å²) in [6.45, 7) is 5.25. The van der Waals surface area contributed by atoms with Crippen molar-refractivity contribution in [2.45, 2.75) is 56.9 Å². The molecule has 0 bridgehead atoms. The van der Waals surface area contributed by atoms with Gasteiger partial charge in [-0.3, -0.25) is 0 Å². The standard InChI is InChI=1S/C19H25FN4O2S/c1-3-23-13-21-22-18(23)16-11-24(12-19(16)8-4-5-9-19)27(25,26)15-7-6-14(2)17(20)10-15/h6-7,10,13,16H,3-5,8-9,11-12H2,1-2H3. The molecule has 1 aliphatic carbocycles. The maximum Gasteiger partial charge on any atom is 0.243 e. The van der Waals surface area contributed by atoms with Crippen molar-refractivity contribution in [3.63, 3.8) is 0 Å². The van der Waals surface area contributed by atoms with Crippen LogP contribution in [0.25, 0.3) is 0 Å². The maximum atomic E-state index is 14.0. The van der Waals surface area contributed by atoms with Gasteiger partial charge in [-0.1, -0.05) is 18.9 Å². The molecule has 0 radical (unpaired) electrons. The van der Waals surface area contributed by atoms with E-state index in [0.717, 1.165) is 44.1 Å². The Labute approximate surface area is 159 Å². The number of hydrogen-bond donors (Lipinski definition) is 0. The van der Waals surface area contributed by atoms with Crippen molar-refractivity contribution in [3.05, 3.63) is 41.7 Å². The van der Waals surface area contributed by atoms with Gasteiger partial charge in [-0.15, -0.1) is 10.2 Å². The lowest BCUT2D eigenvalue weighted by Gasteiger charge is -2.29. The third-order valence-corrected chi connectivity index (χ3v) is 8.10. The molecular formula is C19H25FN4O2S. The summed E-state index contributed by atoms with van der Waals surface area (Å²) in [5.74, 6) is 0.396. The summed E-state index contributed by atoms with van der Waals surface area (Å²) >= 11 is 0. The summed E-state index contributed by atoms with van der Waals surface area (Å²) in [6, 6.07) is 4.15. The highest BCUT2D eigenvalue weighted by atomic mass is 32.2. The van der Waals surface area contributed by atoms with Crippen LogP contribution in [0, 0.1) is 18.2 Å². The summed E-state index contributed by atoms with van der Waals surface area (Å²) in [6.07, 6.45) is 5.89. The third kappa shape index (κ3) is 2.99. The van der Waals surface area contributed by atoms with Crippen LogP contribution in [0.1, 0.15) is 49.9 Å². The molecule has 2 heterocycles. The first-order valence-electron chi connectivity index (χ1n) is 9.51. The van der Waals surface area contributed by atoms with Crippen LogP contribution in [0.15, 0.2) is 29.4 Å². The number of nitrogens with zero attached hydrogens (tertiary/aromatic N) is 4. The molecule has 4 rings (SSSR count). The van der Waals surface area contributed by atoms with Crippen molar-refractivity contribution in [3.8, 4) is 0 Å². The van der Waals surface area contributed by atoms with Crippen molar-refractivity contribution in [2.24, 2.45) is 5.41 Å². The van der Waals surface area contributed by atoms with E-state index >= 15 is 0 Å². The van der Waals surface area contributed by atoms with Crippen molar-refractivity contribution in [2.75, 3.05) is 13.1 Å². The molecule has 27 heavy (non-hydrogen) atoms. The normalized spacial score (nSPS) is 22.7. The van der Waals surface area contributed by atoms with Crippen LogP contribution in [-0.2, 0) is 16.6 Å². The maximum absolute atomic E-state index is 14.0. The zero-order valence-electron chi connectivity index (χ0n) is 15.7. The summed E-state index contributed by atoms with van der Waals surface area (Å²) in [4.78, 5) is 0.0244. The summed E-state index contributed by atoms with van der Waals surface area (Å²) in [7, 11) is -3.75. The fourth-order valence-electron chi connectivity index (χ4n) is 4.71. The molecule has 1 unspecified atom stereocenters. The second kappa shape index (κ2) is 6.67. The van der Waals surface area contributed by atoms with E-state index in [-0.39, 0.29) is 16.2 Å². The Kier molecular flexibility index (Phi) is 4.58. The minimum Gasteiger partial charge on any atom is -0.318 e. The van der Waals surface area contributed by atoms with Gasteiger partial charge in [0.15, 0.2) is 0 Å². The van der Waals surface area contributed by atoms with E-state index in [9.17, 15) is 12.8 Å². The quantitative estimate of drug-likeness (QED) is 0.802. The molecule has 6 nitrogen and oxygen atoms in total. The molecule has 146 valence electrons. The van der Waals surface area contributed by atoms with E-state index in [1.807, 2.05) is 11.5 Å². The zero-order chi connectivity index (χ0) is 19.2. The lowest BCUT2D eigenvalue weighted by Crippen LogP contribution is -2.31. The van der Waals surface area contributed by atoms with Crippen molar-refractivity contribution in [1.29, 1.82) is 0 Å². The molecule has 0 N–H and O–H groups in total. The Morgan fingerprint density at radius 1 is 1.30 bits per heavy atom. The van der Waals surface area contributed by atoms with Gasteiger partial charge in [-0.2, -0.15) is 4.31 Å². The molecule has 8 heteroatoms. The topological polar surface area (TPSA) is 68.1 Å². The number of hydrogen-bond acceptors (Lipinski definition) is 4. The largest absolute Gasteiger partial charge is 0.318 e. The third-order valence-electron chi connectivity index (χ3n) is 6.29. The first-order chi connectivity index (χ1) is 12.9. The fraction of sp³-hybridized carbons (Fsp3) is 0.579. The Morgan fingerprint density at radius 2 is 2.04 bits per heavy atom. The van der Waals surface area contributed by atoms with E-state index in [1.165, 1.54) is 16.4 Å². The Hall–Kier alpha value is -1.80. The summed E-state index contributed by atoms with van der Waals surface area (Å²) < 4.78 is 44.0. The molecule has 2 aliphatic rings. The van der Waals surface area contributed by atoms with E-state index in [2.05, 4.69) is 10.2 Å². The molecule has 1 aliphatic heterocycles. The molecule has 2 aromatic rings. The first-order valence-corrected chi connectivity index (χ1v) is 11.0. The van der Waals surface area contributed by atoms with E-state index in [0.29, 0.717) is 18.7 Å². The van der Waals surface area contributed by atoms with Crippen LogP contribution in [0.4, 0.5) is 4.39 Å². The minimum absolute atomic E-state index is 0.0209. The average Bonchev–Trinajstić information content (AvgIpc) is 3.37. The Bertz CT molecular complexity index is 950. The van der Waals surface area contributed by atoms with Crippen LogP contribution in [-0.4, -0.2) is 40.6 Å². The minimum atomic E-state index is -3.75. The van der Waals surface area contributed by atoms with Crippen LogP contribution in [0.5, 0.6) is 0 Å². The van der Waals surface area contributed by atoms with Gasteiger partial charge in [-0.25, -0.2) is 12.8 Å². The Balaban J connectivity index is 1.72. The van der Waals surface area contributed by atoms with Crippen molar-refractivity contribution >= 4 is 10.0 Å². The SMILES string of the molecule is CCn1cnnc1C1CN(S(=O)(=O)c2ccc(C)c(F)c2)CC12CCCC2. The van der Waals surface area contributed by atoms with E-state index in [4.69, 9.17) is 0 Å². The summed E-state index contributed by atoms with van der Waals surface area (Å²) in [5, 5.41) is 8.39. The number of sulfonamides is 1. The second-order valence-electron chi connectivity index (χ2n) is 7.81. The molecule has 1 aromatic heterocycles. The van der Waals surface area contributed by atoms with Crippen LogP contribution in [0.3, 0.4) is 0 Å². The summed E-state index contributed by atoms with van der Waals surface area (Å²) in [5.41, 5.74) is 0.340. The average molecular weight is 393 g/mol. The number of aryl methyl sites for hydroxylation is 2. The zero-order valence-corrected chi connectivity index (χ0v) is 16.5. The number of halogens is 1. The van der Waals surface area contributed by atoms with Gasteiger partial charge in [-0.05, 0) is 49.8 Å². The predicted octanol–water partition coefficient (Wildman–Crippen LogP) is 3.09. The highest BCUT2D eigenvalue weighted by Gasteiger charge is 2.53. The van der Waals surface area contributed by atoms with E-state index in [1.54, 1.807) is 13.3 Å². The van der Waals surface area contributed by atoms with Crippen LogP contribution in [0.2, 0.25) is 0 Å². The predicted molar refractivity (Wildman–Crippen MR) is 99.2 cm³/mol. The van der Waals surface area contributed by atoms with E-state index < -0.39 is 15.8 Å². The highest BCUT2D eigenvalue weighted by Crippen LogP contribution is 2.53. The molecule has 2 fully saturated rings.